The lowest BCUT2D eigenvalue weighted by atomic mass is 9.98. The van der Waals surface area contributed by atoms with Crippen molar-refractivity contribution < 1.29 is 0 Å². The number of rotatable bonds is 6. The number of hydrogen-bond donors (Lipinski definition) is 1. The van der Waals surface area contributed by atoms with Crippen LogP contribution in [0.3, 0.4) is 0 Å². The molecule has 0 heterocycles. The van der Waals surface area contributed by atoms with Gasteiger partial charge in [-0.3, -0.25) is 0 Å². The van der Waals surface area contributed by atoms with Gasteiger partial charge in [0.1, 0.15) is 0 Å². The SMILES string of the molecule is CNC(CCCC(C)C)c1ccccc1Cl. The highest BCUT2D eigenvalue weighted by molar-refractivity contribution is 6.31. The van der Waals surface area contributed by atoms with Crippen LogP contribution >= 0.6 is 11.6 Å². The average molecular weight is 240 g/mol. The summed E-state index contributed by atoms with van der Waals surface area (Å²) in [5, 5.41) is 4.22. The van der Waals surface area contributed by atoms with Gasteiger partial charge in [-0.25, -0.2) is 0 Å². The molecule has 1 aromatic rings. The van der Waals surface area contributed by atoms with Gasteiger partial charge in [-0.15, -0.1) is 0 Å². The van der Waals surface area contributed by atoms with Gasteiger partial charge in [0.2, 0.25) is 0 Å². The molecule has 1 aromatic carbocycles. The van der Waals surface area contributed by atoms with E-state index in [2.05, 4.69) is 25.2 Å². The van der Waals surface area contributed by atoms with Crippen LogP contribution < -0.4 is 5.32 Å². The van der Waals surface area contributed by atoms with E-state index >= 15 is 0 Å². The number of hydrogen-bond acceptors (Lipinski definition) is 1. The fourth-order valence-electron chi connectivity index (χ4n) is 1.94. The number of benzene rings is 1. The second-order valence-corrected chi connectivity index (χ2v) is 5.09. The van der Waals surface area contributed by atoms with E-state index in [0.717, 1.165) is 17.4 Å². The van der Waals surface area contributed by atoms with Crippen molar-refractivity contribution in [3.05, 3.63) is 34.9 Å². The van der Waals surface area contributed by atoms with Crippen molar-refractivity contribution in [1.82, 2.24) is 5.32 Å². The van der Waals surface area contributed by atoms with Crippen LogP contribution in [0.1, 0.15) is 44.7 Å². The maximum Gasteiger partial charge on any atom is 0.0453 e. The third-order valence-electron chi connectivity index (χ3n) is 2.90. The second-order valence-electron chi connectivity index (χ2n) is 4.69. The van der Waals surface area contributed by atoms with Gasteiger partial charge in [0, 0.05) is 11.1 Å². The monoisotopic (exact) mass is 239 g/mol. The quantitative estimate of drug-likeness (QED) is 0.775. The van der Waals surface area contributed by atoms with Gasteiger partial charge in [0.05, 0.1) is 0 Å². The first-order chi connectivity index (χ1) is 7.65. The van der Waals surface area contributed by atoms with Gasteiger partial charge in [-0.1, -0.05) is 56.5 Å². The van der Waals surface area contributed by atoms with Gasteiger partial charge in [-0.2, -0.15) is 0 Å². The Labute approximate surface area is 104 Å². The molecule has 1 N–H and O–H groups in total. The Morgan fingerprint density at radius 1 is 1.19 bits per heavy atom. The lowest BCUT2D eigenvalue weighted by Gasteiger charge is -2.18. The molecule has 1 nitrogen and oxygen atoms in total. The molecule has 0 saturated carbocycles. The summed E-state index contributed by atoms with van der Waals surface area (Å²) in [6.07, 6.45) is 3.68. The Hall–Kier alpha value is -0.530. The number of nitrogens with one attached hydrogen (secondary N) is 1. The molecule has 90 valence electrons. The smallest absolute Gasteiger partial charge is 0.0453 e. The van der Waals surface area contributed by atoms with Crippen molar-refractivity contribution in [2.45, 2.75) is 39.2 Å². The topological polar surface area (TPSA) is 12.0 Å². The molecule has 0 amide bonds. The highest BCUT2D eigenvalue weighted by Gasteiger charge is 2.11. The molecule has 1 atom stereocenters. The second kappa shape index (κ2) is 6.93. The van der Waals surface area contributed by atoms with Crippen LogP contribution in [0.15, 0.2) is 24.3 Å². The van der Waals surface area contributed by atoms with Crippen LogP contribution in [0.4, 0.5) is 0 Å². The Bertz CT molecular complexity index is 309. The zero-order valence-electron chi connectivity index (χ0n) is 10.5. The van der Waals surface area contributed by atoms with E-state index in [1.807, 2.05) is 25.2 Å². The minimum Gasteiger partial charge on any atom is -0.313 e. The Morgan fingerprint density at radius 2 is 1.88 bits per heavy atom. The fraction of sp³-hybridized carbons (Fsp3) is 0.571. The lowest BCUT2D eigenvalue weighted by Crippen LogP contribution is -2.16. The molecule has 0 aliphatic carbocycles. The summed E-state index contributed by atoms with van der Waals surface area (Å²) < 4.78 is 0. The first kappa shape index (κ1) is 13.5. The minimum atomic E-state index is 0.382. The first-order valence-corrected chi connectivity index (χ1v) is 6.44. The zero-order chi connectivity index (χ0) is 12.0. The molecule has 0 saturated heterocycles. The third-order valence-corrected chi connectivity index (χ3v) is 3.25. The Morgan fingerprint density at radius 3 is 2.44 bits per heavy atom. The standard InChI is InChI=1S/C14H22ClN/c1-11(2)7-6-10-14(16-3)12-8-4-5-9-13(12)15/h4-5,8-9,11,14,16H,6-7,10H2,1-3H3. The minimum absolute atomic E-state index is 0.382. The summed E-state index contributed by atoms with van der Waals surface area (Å²) in [7, 11) is 2.00. The van der Waals surface area contributed by atoms with Crippen LogP contribution in [0.2, 0.25) is 5.02 Å². The average Bonchev–Trinajstić information content (AvgIpc) is 2.25. The highest BCUT2D eigenvalue weighted by atomic mass is 35.5. The van der Waals surface area contributed by atoms with Crippen molar-refractivity contribution in [2.24, 2.45) is 5.92 Å². The van der Waals surface area contributed by atoms with Crippen molar-refractivity contribution in [3.63, 3.8) is 0 Å². The van der Waals surface area contributed by atoms with E-state index in [0.29, 0.717) is 6.04 Å². The molecule has 0 bridgehead atoms. The molecule has 0 aromatic heterocycles. The molecule has 1 unspecified atom stereocenters. The fourth-order valence-corrected chi connectivity index (χ4v) is 2.21. The first-order valence-electron chi connectivity index (χ1n) is 6.06. The Balaban J connectivity index is 2.57. The summed E-state index contributed by atoms with van der Waals surface area (Å²) in [6.45, 7) is 4.54. The molecule has 1 rings (SSSR count). The van der Waals surface area contributed by atoms with Crippen LogP contribution in [0.5, 0.6) is 0 Å². The van der Waals surface area contributed by atoms with Crippen LogP contribution in [-0.4, -0.2) is 7.05 Å². The normalized spacial score (nSPS) is 13.1. The number of halogens is 1. The molecule has 16 heavy (non-hydrogen) atoms. The van der Waals surface area contributed by atoms with Gasteiger partial charge in [0.25, 0.3) is 0 Å². The van der Waals surface area contributed by atoms with E-state index in [4.69, 9.17) is 11.6 Å². The third kappa shape index (κ3) is 4.15. The summed E-state index contributed by atoms with van der Waals surface area (Å²) in [4.78, 5) is 0. The van der Waals surface area contributed by atoms with E-state index in [-0.39, 0.29) is 0 Å². The summed E-state index contributed by atoms with van der Waals surface area (Å²) in [5.74, 6) is 0.781. The summed E-state index contributed by atoms with van der Waals surface area (Å²) >= 11 is 6.20. The van der Waals surface area contributed by atoms with Gasteiger partial charge >= 0.3 is 0 Å². The van der Waals surface area contributed by atoms with Crippen LogP contribution in [0.25, 0.3) is 0 Å². The molecule has 0 fully saturated rings. The van der Waals surface area contributed by atoms with E-state index < -0.39 is 0 Å². The lowest BCUT2D eigenvalue weighted by molar-refractivity contribution is 0.470. The maximum absolute atomic E-state index is 6.20. The van der Waals surface area contributed by atoms with Crippen molar-refractivity contribution in [1.29, 1.82) is 0 Å². The Kier molecular flexibility index (Phi) is 5.86. The van der Waals surface area contributed by atoms with E-state index in [9.17, 15) is 0 Å². The summed E-state index contributed by atoms with van der Waals surface area (Å²) in [5.41, 5.74) is 1.22. The van der Waals surface area contributed by atoms with Gasteiger partial charge in [-0.05, 0) is 31.0 Å². The van der Waals surface area contributed by atoms with Crippen molar-refractivity contribution in [2.75, 3.05) is 7.05 Å². The molecule has 0 radical (unpaired) electrons. The maximum atomic E-state index is 6.20. The molecular formula is C14H22ClN. The van der Waals surface area contributed by atoms with Crippen LogP contribution in [0, 0.1) is 5.92 Å². The van der Waals surface area contributed by atoms with Crippen molar-refractivity contribution in [3.8, 4) is 0 Å². The predicted octanol–water partition coefficient (Wildman–Crippen LogP) is 4.43. The molecule has 2 heteroatoms. The molecule has 0 aliphatic rings. The predicted molar refractivity (Wildman–Crippen MR) is 71.9 cm³/mol. The largest absolute Gasteiger partial charge is 0.313 e. The molecule has 0 aliphatic heterocycles. The van der Waals surface area contributed by atoms with E-state index in [1.54, 1.807) is 0 Å². The van der Waals surface area contributed by atoms with Crippen molar-refractivity contribution >= 4 is 11.6 Å². The molecule has 0 spiro atoms. The summed E-state index contributed by atoms with van der Waals surface area (Å²) in [6, 6.07) is 8.48. The van der Waals surface area contributed by atoms with Crippen LogP contribution in [-0.2, 0) is 0 Å². The van der Waals surface area contributed by atoms with Gasteiger partial charge in [0.15, 0.2) is 0 Å². The molecular weight excluding hydrogens is 218 g/mol. The zero-order valence-corrected chi connectivity index (χ0v) is 11.2. The highest BCUT2D eigenvalue weighted by Crippen LogP contribution is 2.26. The van der Waals surface area contributed by atoms with E-state index in [1.165, 1.54) is 18.4 Å². The van der Waals surface area contributed by atoms with Gasteiger partial charge < -0.3 is 5.32 Å².